The van der Waals surface area contributed by atoms with Crippen molar-refractivity contribution in [3.05, 3.63) is 0 Å². The maximum absolute atomic E-state index is 6.58. The molecule has 3 nitrogen and oxygen atoms in total. The van der Waals surface area contributed by atoms with E-state index in [2.05, 4.69) is 11.8 Å². The predicted octanol–water partition coefficient (Wildman–Crippen LogP) is 3.32. The van der Waals surface area contributed by atoms with E-state index in [0.29, 0.717) is 12.1 Å². The molecule has 3 fully saturated rings. The Bertz CT molecular complexity index is 327. The summed E-state index contributed by atoms with van der Waals surface area (Å²) >= 11 is 0. The fourth-order valence-corrected chi connectivity index (χ4v) is 5.12. The standard InChI is InChI=1S/C18H34N2O/c1-2-20(17-8-6-7-15(17)13-19)14-16-9-12-18(21-16)10-4-3-5-11-18/h15-17H,2-14,19H2,1H3. The summed E-state index contributed by atoms with van der Waals surface area (Å²) in [6, 6.07) is 0.714. The van der Waals surface area contributed by atoms with E-state index >= 15 is 0 Å². The normalized spacial score (nSPS) is 35.9. The summed E-state index contributed by atoms with van der Waals surface area (Å²) < 4.78 is 6.58. The molecule has 0 amide bonds. The van der Waals surface area contributed by atoms with Crippen molar-refractivity contribution in [3.63, 3.8) is 0 Å². The van der Waals surface area contributed by atoms with Crippen LogP contribution < -0.4 is 5.73 Å². The molecule has 3 unspecified atom stereocenters. The average molecular weight is 294 g/mol. The lowest BCUT2D eigenvalue weighted by Gasteiger charge is -2.36. The molecule has 1 spiro atoms. The molecular formula is C18H34N2O. The molecule has 0 bridgehead atoms. The van der Waals surface area contributed by atoms with Crippen LogP contribution >= 0.6 is 0 Å². The number of rotatable bonds is 5. The Morgan fingerprint density at radius 3 is 2.57 bits per heavy atom. The number of nitrogens with two attached hydrogens (primary N) is 1. The maximum Gasteiger partial charge on any atom is 0.0710 e. The van der Waals surface area contributed by atoms with Crippen LogP contribution in [0.5, 0.6) is 0 Å². The number of ether oxygens (including phenoxy) is 1. The summed E-state index contributed by atoms with van der Waals surface area (Å²) in [6.07, 6.45) is 13.9. The maximum atomic E-state index is 6.58. The highest BCUT2D eigenvalue weighted by Gasteiger charge is 2.42. The largest absolute Gasteiger partial charge is 0.370 e. The van der Waals surface area contributed by atoms with Crippen molar-refractivity contribution in [2.24, 2.45) is 11.7 Å². The van der Waals surface area contributed by atoms with Crippen LogP contribution in [-0.2, 0) is 4.74 Å². The predicted molar refractivity (Wildman–Crippen MR) is 87.4 cm³/mol. The molecule has 0 aromatic rings. The molecule has 3 atom stereocenters. The Hall–Kier alpha value is -0.120. The van der Waals surface area contributed by atoms with Gasteiger partial charge in [-0.3, -0.25) is 4.90 Å². The molecular weight excluding hydrogens is 260 g/mol. The van der Waals surface area contributed by atoms with Crippen LogP contribution in [0.1, 0.15) is 71.1 Å². The quantitative estimate of drug-likeness (QED) is 0.845. The second kappa shape index (κ2) is 6.97. The lowest BCUT2D eigenvalue weighted by Crippen LogP contribution is -2.44. The van der Waals surface area contributed by atoms with Crippen molar-refractivity contribution in [2.45, 2.75) is 88.9 Å². The van der Waals surface area contributed by atoms with Gasteiger partial charge in [0.05, 0.1) is 11.7 Å². The van der Waals surface area contributed by atoms with Crippen molar-refractivity contribution >= 4 is 0 Å². The zero-order chi connectivity index (χ0) is 14.7. The zero-order valence-electron chi connectivity index (χ0n) is 13.9. The third kappa shape index (κ3) is 3.46. The highest BCUT2D eigenvalue weighted by molar-refractivity contribution is 4.93. The number of hydrogen-bond donors (Lipinski definition) is 1. The molecule has 3 rings (SSSR count). The summed E-state index contributed by atoms with van der Waals surface area (Å²) in [6.45, 7) is 5.45. The van der Waals surface area contributed by atoms with E-state index in [0.717, 1.165) is 25.6 Å². The molecule has 3 aliphatic rings. The van der Waals surface area contributed by atoms with E-state index in [1.165, 1.54) is 64.2 Å². The van der Waals surface area contributed by atoms with Crippen LogP contribution in [0.2, 0.25) is 0 Å². The van der Waals surface area contributed by atoms with Gasteiger partial charge < -0.3 is 10.5 Å². The summed E-state index contributed by atoms with van der Waals surface area (Å²) in [7, 11) is 0. The van der Waals surface area contributed by atoms with Gasteiger partial charge >= 0.3 is 0 Å². The summed E-state index contributed by atoms with van der Waals surface area (Å²) in [4.78, 5) is 2.68. The molecule has 21 heavy (non-hydrogen) atoms. The van der Waals surface area contributed by atoms with Gasteiger partial charge in [-0.25, -0.2) is 0 Å². The lowest BCUT2D eigenvalue weighted by molar-refractivity contribution is -0.0754. The van der Waals surface area contributed by atoms with E-state index in [-0.39, 0.29) is 5.60 Å². The van der Waals surface area contributed by atoms with Gasteiger partial charge in [0.25, 0.3) is 0 Å². The van der Waals surface area contributed by atoms with Gasteiger partial charge in [-0.15, -0.1) is 0 Å². The summed E-state index contributed by atoms with van der Waals surface area (Å²) in [5.41, 5.74) is 6.25. The third-order valence-corrected chi connectivity index (χ3v) is 6.34. The highest BCUT2D eigenvalue weighted by Crippen LogP contribution is 2.42. The van der Waals surface area contributed by atoms with Gasteiger partial charge in [0.1, 0.15) is 0 Å². The fraction of sp³-hybridized carbons (Fsp3) is 1.00. The molecule has 122 valence electrons. The molecule has 2 N–H and O–H groups in total. The van der Waals surface area contributed by atoms with Gasteiger partial charge in [-0.05, 0) is 57.5 Å². The Morgan fingerprint density at radius 1 is 1.05 bits per heavy atom. The van der Waals surface area contributed by atoms with Gasteiger partial charge in [0, 0.05) is 12.6 Å². The van der Waals surface area contributed by atoms with E-state index in [1.54, 1.807) is 0 Å². The van der Waals surface area contributed by atoms with E-state index < -0.39 is 0 Å². The van der Waals surface area contributed by atoms with Gasteiger partial charge in [-0.2, -0.15) is 0 Å². The van der Waals surface area contributed by atoms with Crippen molar-refractivity contribution in [1.82, 2.24) is 4.90 Å². The minimum Gasteiger partial charge on any atom is -0.370 e. The van der Waals surface area contributed by atoms with Crippen LogP contribution in [0.25, 0.3) is 0 Å². The number of likely N-dealkylation sites (N-methyl/N-ethyl adjacent to an activating group) is 1. The first-order chi connectivity index (χ1) is 10.3. The molecule has 0 aromatic heterocycles. The monoisotopic (exact) mass is 294 g/mol. The molecule has 1 saturated heterocycles. The zero-order valence-corrected chi connectivity index (χ0v) is 13.9. The summed E-state index contributed by atoms with van der Waals surface area (Å²) in [5.74, 6) is 0.718. The van der Waals surface area contributed by atoms with Gasteiger partial charge in [0.15, 0.2) is 0 Å². The molecule has 3 heteroatoms. The molecule has 2 aliphatic carbocycles. The topological polar surface area (TPSA) is 38.5 Å². The van der Waals surface area contributed by atoms with Crippen LogP contribution in [0.4, 0.5) is 0 Å². The second-order valence-corrected chi connectivity index (χ2v) is 7.60. The first-order valence-electron chi connectivity index (χ1n) is 9.38. The third-order valence-electron chi connectivity index (χ3n) is 6.34. The SMILES string of the molecule is CCN(CC1CCC2(CCCCC2)O1)C1CCCC1CN. The fourth-order valence-electron chi connectivity index (χ4n) is 5.12. The summed E-state index contributed by atoms with van der Waals surface area (Å²) in [5, 5.41) is 0. The van der Waals surface area contributed by atoms with Crippen molar-refractivity contribution in [2.75, 3.05) is 19.6 Å². The number of hydrogen-bond acceptors (Lipinski definition) is 3. The molecule has 0 radical (unpaired) electrons. The van der Waals surface area contributed by atoms with Crippen molar-refractivity contribution in [3.8, 4) is 0 Å². The minimum atomic E-state index is 0.269. The van der Waals surface area contributed by atoms with Crippen LogP contribution in [0, 0.1) is 5.92 Å². The van der Waals surface area contributed by atoms with E-state index in [9.17, 15) is 0 Å². The van der Waals surface area contributed by atoms with Crippen LogP contribution in [0.15, 0.2) is 0 Å². The van der Waals surface area contributed by atoms with Crippen LogP contribution in [-0.4, -0.2) is 42.3 Å². The number of nitrogens with zero attached hydrogens (tertiary/aromatic N) is 1. The Kier molecular flexibility index (Phi) is 5.23. The van der Waals surface area contributed by atoms with Crippen molar-refractivity contribution < 1.29 is 4.74 Å². The smallest absolute Gasteiger partial charge is 0.0710 e. The first-order valence-corrected chi connectivity index (χ1v) is 9.38. The first kappa shape index (κ1) is 15.8. The van der Waals surface area contributed by atoms with Gasteiger partial charge in [0.2, 0.25) is 0 Å². The Morgan fingerprint density at radius 2 is 1.86 bits per heavy atom. The van der Waals surface area contributed by atoms with Gasteiger partial charge in [-0.1, -0.05) is 32.6 Å². The van der Waals surface area contributed by atoms with E-state index in [1.807, 2.05) is 0 Å². The molecule has 2 saturated carbocycles. The molecule has 1 aliphatic heterocycles. The lowest BCUT2D eigenvalue weighted by atomic mass is 9.83. The molecule has 0 aromatic carbocycles. The highest BCUT2D eigenvalue weighted by atomic mass is 16.5. The molecule has 1 heterocycles. The van der Waals surface area contributed by atoms with Crippen LogP contribution in [0.3, 0.4) is 0 Å². The van der Waals surface area contributed by atoms with Crippen molar-refractivity contribution in [1.29, 1.82) is 0 Å². The van der Waals surface area contributed by atoms with E-state index in [4.69, 9.17) is 10.5 Å². The Labute approximate surface area is 130 Å². The Balaban J connectivity index is 1.55. The average Bonchev–Trinajstić information content (AvgIpc) is 3.13. The second-order valence-electron chi connectivity index (χ2n) is 7.60. The minimum absolute atomic E-state index is 0.269.